The molecule has 69 heavy (non-hydrogen) atoms. The number of ketones is 1. The molecule has 3 unspecified atom stereocenters. The van der Waals surface area contributed by atoms with E-state index in [2.05, 4.69) is 16.3 Å². The number of nitrogens with zero attached hydrogens (tertiary/aromatic N) is 3. The molecule has 0 aromatic rings. The van der Waals surface area contributed by atoms with Crippen molar-refractivity contribution in [1.82, 2.24) is 0 Å². The Bertz CT molecular complexity index is 1400. The van der Waals surface area contributed by atoms with Crippen LogP contribution in [0.25, 0.3) is 0 Å². The summed E-state index contributed by atoms with van der Waals surface area (Å²) < 4.78 is 42.4. The highest BCUT2D eigenvalue weighted by atomic mass is 16.5. The summed E-state index contributed by atoms with van der Waals surface area (Å²) in [6.07, 6.45) is 39.3. The average molecular weight is 970 g/mol. The van der Waals surface area contributed by atoms with Gasteiger partial charge in [-0.25, -0.2) is 0 Å². The van der Waals surface area contributed by atoms with Crippen molar-refractivity contribution in [2.45, 2.75) is 280 Å². The van der Waals surface area contributed by atoms with E-state index in [1.54, 1.807) is 14.0 Å². The van der Waals surface area contributed by atoms with Crippen LogP contribution in [0, 0.1) is 29.1 Å². The van der Waals surface area contributed by atoms with Crippen molar-refractivity contribution in [3.8, 4) is 6.07 Å². The lowest BCUT2D eigenvalue weighted by molar-refractivity contribution is -0.153. The Balaban J connectivity index is 0.780. The van der Waals surface area contributed by atoms with E-state index in [9.17, 15) is 9.59 Å². The third kappa shape index (κ3) is 25.0. The number of carbonyl (C=O) groups excluding carboxylic acids is 2. The Morgan fingerprint density at radius 3 is 1.23 bits per heavy atom. The van der Waals surface area contributed by atoms with Crippen LogP contribution in [0.15, 0.2) is 10.2 Å². The van der Waals surface area contributed by atoms with Crippen molar-refractivity contribution in [1.29, 1.82) is 5.26 Å². The number of methoxy groups -OCH3 is 1. The van der Waals surface area contributed by atoms with Crippen molar-refractivity contribution in [2.75, 3.05) is 46.8 Å². The maximum Gasteiger partial charge on any atom is 0.309 e. The van der Waals surface area contributed by atoms with Gasteiger partial charge in [0.1, 0.15) is 5.78 Å². The lowest BCUT2D eigenvalue weighted by Gasteiger charge is -2.34. The molecular weight excluding hydrogens is 871 g/mol. The summed E-state index contributed by atoms with van der Waals surface area (Å²) in [4.78, 5) is 25.5. The lowest BCUT2D eigenvalue weighted by atomic mass is 9.78. The van der Waals surface area contributed by atoms with Crippen LogP contribution in [0.2, 0.25) is 0 Å². The molecule has 0 aromatic heterocycles. The molecule has 5 rings (SSSR count). The van der Waals surface area contributed by atoms with E-state index < -0.39 is 0 Å². The second-order valence-corrected chi connectivity index (χ2v) is 21.9. The van der Waals surface area contributed by atoms with Gasteiger partial charge in [0.2, 0.25) is 0 Å². The highest BCUT2D eigenvalue weighted by Gasteiger charge is 2.36. The summed E-state index contributed by atoms with van der Waals surface area (Å²) in [5.74, 6) is -0.192. The second-order valence-electron chi connectivity index (χ2n) is 21.9. The van der Waals surface area contributed by atoms with Gasteiger partial charge in [0, 0.05) is 52.0 Å². The van der Waals surface area contributed by atoms with Crippen molar-refractivity contribution in [2.24, 2.45) is 28.0 Å². The summed E-state index contributed by atoms with van der Waals surface area (Å²) in [5.41, 5.74) is 0. The first-order chi connectivity index (χ1) is 33.9. The second kappa shape index (κ2) is 36.0. The van der Waals surface area contributed by atoms with Crippen LogP contribution < -0.4 is 0 Å². The van der Waals surface area contributed by atoms with Crippen LogP contribution in [0.5, 0.6) is 0 Å². The fourth-order valence-corrected chi connectivity index (χ4v) is 11.5. The number of Topliss-reactive ketones (excluding diaryl/α,β-unsaturated/α-hetero) is 1. The summed E-state index contributed by atoms with van der Waals surface area (Å²) in [6, 6.07) is 3.03. The SMILES string of the molecule is COCCCCCCCCOC1CCC(OC2CCC(OCCCCCCCCOC(=O)C3CC(OCCCCCCOC4CCC(N=NC5CCC(C#N)CC5)CC4)CC(C(C)=O)C3)CC2)CC1. The minimum atomic E-state index is -0.261. The van der Waals surface area contributed by atoms with E-state index in [0.717, 1.165) is 181 Å². The molecule has 0 aromatic carbocycles. The number of hydrogen-bond donors (Lipinski definition) is 0. The molecule has 0 N–H and O–H groups in total. The third-order valence-corrected chi connectivity index (χ3v) is 16.1. The van der Waals surface area contributed by atoms with E-state index in [0.29, 0.717) is 75.1 Å². The summed E-state index contributed by atoms with van der Waals surface area (Å²) in [7, 11) is 1.78. The minimum Gasteiger partial charge on any atom is -0.465 e. The largest absolute Gasteiger partial charge is 0.465 e. The molecule has 396 valence electrons. The van der Waals surface area contributed by atoms with Crippen LogP contribution >= 0.6 is 0 Å². The van der Waals surface area contributed by atoms with Crippen molar-refractivity contribution >= 4 is 11.8 Å². The maximum atomic E-state index is 13.1. The van der Waals surface area contributed by atoms with E-state index >= 15 is 0 Å². The van der Waals surface area contributed by atoms with Crippen molar-refractivity contribution < 1.29 is 42.7 Å². The number of rotatable bonds is 35. The normalized spacial score (nSPS) is 30.0. The number of azo groups is 1. The van der Waals surface area contributed by atoms with Gasteiger partial charge in [-0.05, 0) is 167 Å². The molecule has 0 saturated heterocycles. The third-order valence-electron chi connectivity index (χ3n) is 16.1. The Hall–Kier alpha value is -2.01. The van der Waals surface area contributed by atoms with Crippen LogP contribution in [0.1, 0.15) is 232 Å². The molecule has 12 heteroatoms. The molecule has 5 aliphatic carbocycles. The van der Waals surface area contributed by atoms with Gasteiger partial charge in [0.05, 0.1) is 67.3 Å². The van der Waals surface area contributed by atoms with E-state index in [1.807, 2.05) is 0 Å². The fourth-order valence-electron chi connectivity index (χ4n) is 11.5. The van der Waals surface area contributed by atoms with Crippen molar-refractivity contribution in [3.63, 3.8) is 0 Å². The Morgan fingerprint density at radius 1 is 0.435 bits per heavy atom. The molecule has 0 radical (unpaired) electrons. The predicted molar refractivity (Wildman–Crippen MR) is 271 cm³/mol. The topological polar surface area (TPSA) is 147 Å². The summed E-state index contributed by atoms with van der Waals surface area (Å²) >= 11 is 0. The summed E-state index contributed by atoms with van der Waals surface area (Å²) in [5, 5.41) is 18.4. The first kappa shape index (κ1) is 57.9. The molecule has 12 nitrogen and oxygen atoms in total. The van der Waals surface area contributed by atoms with E-state index in [4.69, 9.17) is 38.4 Å². The zero-order chi connectivity index (χ0) is 48.6. The first-order valence-electron chi connectivity index (χ1n) is 29.0. The smallest absolute Gasteiger partial charge is 0.309 e. The standard InChI is InChI=1S/C57H99N3O9/c1-45(61)47-41-48(43-56(42-47)67-39-17-12-11-16-38-64-51-25-23-50(24-26-51)60-59-49-21-19-46(44-58)20-22-49)57(62)68-40-18-10-6-5-9-15-37-66-53-29-33-55(34-30-53)69-54-31-27-52(28-32-54)65-36-14-8-4-3-7-13-35-63-2/h46-56H,3-43H2,1-2H3. The van der Waals surface area contributed by atoms with Crippen molar-refractivity contribution in [3.05, 3.63) is 0 Å². The van der Waals surface area contributed by atoms with Gasteiger partial charge >= 0.3 is 5.97 Å². The average Bonchev–Trinajstić information content (AvgIpc) is 3.37. The minimum absolute atomic E-state index is 0.0669. The number of ether oxygens (including phenoxy) is 7. The number of unbranched alkanes of at least 4 members (excludes halogenated alkanes) is 13. The number of hydrogen-bond acceptors (Lipinski definition) is 12. The molecule has 3 atom stereocenters. The first-order valence-corrected chi connectivity index (χ1v) is 29.0. The quantitative estimate of drug-likeness (QED) is 0.0341. The lowest BCUT2D eigenvalue weighted by Crippen LogP contribution is -2.36. The summed E-state index contributed by atoms with van der Waals surface area (Å²) in [6.45, 7) is 6.21. The van der Waals surface area contributed by atoms with Gasteiger partial charge in [-0.3, -0.25) is 9.59 Å². The van der Waals surface area contributed by atoms with Gasteiger partial charge in [-0.15, -0.1) is 0 Å². The predicted octanol–water partition coefficient (Wildman–Crippen LogP) is 13.3. The Labute approximate surface area is 419 Å². The number of carbonyl (C=O) groups is 2. The van der Waals surface area contributed by atoms with Crippen LogP contribution in [0.4, 0.5) is 0 Å². The molecular formula is C57H99N3O9. The van der Waals surface area contributed by atoms with Crippen LogP contribution in [-0.2, 0) is 42.7 Å². The Kier molecular flexibility index (Phi) is 30.2. The zero-order valence-corrected chi connectivity index (χ0v) is 43.9. The molecule has 0 heterocycles. The van der Waals surface area contributed by atoms with E-state index in [1.165, 1.54) is 51.4 Å². The van der Waals surface area contributed by atoms with E-state index in [-0.39, 0.29) is 35.6 Å². The highest BCUT2D eigenvalue weighted by Crippen LogP contribution is 2.34. The monoisotopic (exact) mass is 970 g/mol. The van der Waals surface area contributed by atoms with Crippen LogP contribution in [0.3, 0.4) is 0 Å². The molecule has 5 fully saturated rings. The van der Waals surface area contributed by atoms with Crippen LogP contribution in [-0.4, -0.2) is 107 Å². The maximum absolute atomic E-state index is 13.1. The Morgan fingerprint density at radius 2 is 0.797 bits per heavy atom. The molecule has 0 bridgehead atoms. The zero-order valence-electron chi connectivity index (χ0n) is 43.9. The van der Waals surface area contributed by atoms with Gasteiger partial charge in [0.15, 0.2) is 0 Å². The number of esters is 1. The molecule has 0 aliphatic heterocycles. The fraction of sp³-hybridized carbons (Fsp3) is 0.947. The van der Waals surface area contributed by atoms with Gasteiger partial charge in [-0.2, -0.15) is 15.5 Å². The van der Waals surface area contributed by atoms with Gasteiger partial charge < -0.3 is 33.2 Å². The highest BCUT2D eigenvalue weighted by molar-refractivity contribution is 5.80. The molecule has 5 saturated carbocycles. The molecule has 0 spiro atoms. The number of nitriles is 1. The molecule has 0 amide bonds. The van der Waals surface area contributed by atoms with Gasteiger partial charge in [0.25, 0.3) is 0 Å². The van der Waals surface area contributed by atoms with Gasteiger partial charge in [-0.1, -0.05) is 64.2 Å². The molecule has 5 aliphatic rings.